The predicted molar refractivity (Wildman–Crippen MR) is 73.1 cm³/mol. The SMILES string of the molecule is CC(C)(C)C1CCN(Cc2ccoc2C(=O)O)CC1. The Morgan fingerprint density at radius 2 is 2.05 bits per heavy atom. The van der Waals surface area contributed by atoms with Crippen LogP contribution in [0.2, 0.25) is 0 Å². The second kappa shape index (κ2) is 5.37. The number of aromatic carboxylic acids is 1. The number of hydrogen-bond acceptors (Lipinski definition) is 3. The Labute approximate surface area is 114 Å². The number of hydrogen-bond donors (Lipinski definition) is 1. The maximum absolute atomic E-state index is 11.0. The molecule has 2 heterocycles. The number of carbonyl (C=O) groups is 1. The second-order valence-corrected chi connectivity index (χ2v) is 6.50. The molecule has 106 valence electrons. The monoisotopic (exact) mass is 265 g/mol. The molecule has 0 saturated carbocycles. The zero-order valence-corrected chi connectivity index (χ0v) is 12.0. The van der Waals surface area contributed by atoms with Gasteiger partial charge < -0.3 is 9.52 Å². The molecule has 4 heteroatoms. The van der Waals surface area contributed by atoms with Gasteiger partial charge in [0, 0.05) is 12.1 Å². The van der Waals surface area contributed by atoms with Crippen LogP contribution < -0.4 is 0 Å². The molecule has 1 fully saturated rings. The van der Waals surface area contributed by atoms with Crippen LogP contribution in [0.15, 0.2) is 16.7 Å². The first kappa shape index (κ1) is 14.1. The Kier molecular flexibility index (Phi) is 3.99. The van der Waals surface area contributed by atoms with Gasteiger partial charge in [-0.3, -0.25) is 4.90 Å². The van der Waals surface area contributed by atoms with Gasteiger partial charge in [-0.15, -0.1) is 0 Å². The lowest BCUT2D eigenvalue weighted by atomic mass is 9.75. The number of piperidine rings is 1. The Balaban J connectivity index is 1.92. The van der Waals surface area contributed by atoms with E-state index in [-0.39, 0.29) is 5.76 Å². The topological polar surface area (TPSA) is 53.7 Å². The quantitative estimate of drug-likeness (QED) is 0.911. The summed E-state index contributed by atoms with van der Waals surface area (Å²) in [4.78, 5) is 13.3. The van der Waals surface area contributed by atoms with Gasteiger partial charge in [0.15, 0.2) is 0 Å². The summed E-state index contributed by atoms with van der Waals surface area (Å²) in [5.41, 5.74) is 1.15. The fraction of sp³-hybridized carbons (Fsp3) is 0.667. The number of rotatable bonds is 3. The largest absolute Gasteiger partial charge is 0.475 e. The minimum atomic E-state index is -0.982. The van der Waals surface area contributed by atoms with Gasteiger partial charge in [-0.1, -0.05) is 20.8 Å². The molecule has 0 amide bonds. The molecule has 0 atom stereocenters. The summed E-state index contributed by atoms with van der Waals surface area (Å²) < 4.78 is 5.02. The summed E-state index contributed by atoms with van der Waals surface area (Å²) in [7, 11) is 0. The van der Waals surface area contributed by atoms with Crippen LogP contribution in [0.5, 0.6) is 0 Å². The van der Waals surface area contributed by atoms with Crippen molar-refractivity contribution in [3.05, 3.63) is 23.7 Å². The van der Waals surface area contributed by atoms with E-state index in [9.17, 15) is 4.79 Å². The highest BCUT2D eigenvalue weighted by Gasteiger charge is 2.29. The Bertz CT molecular complexity index is 436. The van der Waals surface area contributed by atoms with Crippen LogP contribution >= 0.6 is 0 Å². The van der Waals surface area contributed by atoms with Crippen molar-refractivity contribution in [1.82, 2.24) is 4.90 Å². The third-order valence-corrected chi connectivity index (χ3v) is 4.15. The van der Waals surface area contributed by atoms with Gasteiger partial charge in [0.2, 0.25) is 5.76 Å². The van der Waals surface area contributed by atoms with E-state index in [2.05, 4.69) is 25.7 Å². The van der Waals surface area contributed by atoms with Crippen molar-refractivity contribution in [2.75, 3.05) is 13.1 Å². The average molecular weight is 265 g/mol. The van der Waals surface area contributed by atoms with E-state index in [1.807, 2.05) is 0 Å². The molecule has 19 heavy (non-hydrogen) atoms. The van der Waals surface area contributed by atoms with Gasteiger partial charge in [0.25, 0.3) is 0 Å². The molecule has 4 nitrogen and oxygen atoms in total. The zero-order valence-electron chi connectivity index (χ0n) is 12.0. The van der Waals surface area contributed by atoms with Crippen LogP contribution in [0.25, 0.3) is 0 Å². The lowest BCUT2D eigenvalue weighted by Crippen LogP contribution is -2.37. The van der Waals surface area contributed by atoms with Crippen molar-refractivity contribution in [1.29, 1.82) is 0 Å². The Morgan fingerprint density at radius 3 is 2.58 bits per heavy atom. The molecular formula is C15H23NO3. The molecule has 0 unspecified atom stereocenters. The van der Waals surface area contributed by atoms with Gasteiger partial charge >= 0.3 is 5.97 Å². The van der Waals surface area contributed by atoms with E-state index < -0.39 is 5.97 Å². The standard InChI is InChI=1S/C15H23NO3/c1-15(2,3)12-4-7-16(8-5-12)10-11-6-9-19-13(11)14(17)18/h6,9,12H,4-5,7-8,10H2,1-3H3,(H,17,18). The van der Waals surface area contributed by atoms with E-state index in [0.29, 0.717) is 12.0 Å². The lowest BCUT2D eigenvalue weighted by Gasteiger charge is -2.38. The molecule has 2 rings (SSSR count). The van der Waals surface area contributed by atoms with E-state index >= 15 is 0 Å². The third-order valence-electron chi connectivity index (χ3n) is 4.15. The molecule has 0 aliphatic carbocycles. The maximum atomic E-state index is 11.0. The molecule has 1 N–H and O–H groups in total. The van der Waals surface area contributed by atoms with Crippen molar-refractivity contribution >= 4 is 5.97 Å². The first-order valence-corrected chi connectivity index (χ1v) is 6.90. The van der Waals surface area contributed by atoms with Crippen molar-refractivity contribution in [3.8, 4) is 0 Å². The summed E-state index contributed by atoms with van der Waals surface area (Å²) in [6.45, 7) is 9.64. The first-order chi connectivity index (χ1) is 8.88. The molecule has 1 saturated heterocycles. The second-order valence-electron chi connectivity index (χ2n) is 6.50. The minimum Gasteiger partial charge on any atom is -0.475 e. The Morgan fingerprint density at radius 1 is 1.42 bits per heavy atom. The van der Waals surface area contributed by atoms with Gasteiger partial charge in [-0.25, -0.2) is 4.79 Å². The lowest BCUT2D eigenvalue weighted by molar-refractivity contribution is 0.0656. The molecule has 1 aliphatic heterocycles. The number of nitrogens with zero attached hydrogens (tertiary/aromatic N) is 1. The summed E-state index contributed by atoms with van der Waals surface area (Å²) >= 11 is 0. The van der Waals surface area contributed by atoms with Gasteiger partial charge in [0.1, 0.15) is 0 Å². The third kappa shape index (κ3) is 3.38. The molecule has 0 bridgehead atoms. The molecule has 0 aromatic carbocycles. The van der Waals surface area contributed by atoms with Crippen LogP contribution in [0.3, 0.4) is 0 Å². The fourth-order valence-corrected chi connectivity index (χ4v) is 2.85. The van der Waals surface area contributed by atoms with Crippen LogP contribution in [0, 0.1) is 11.3 Å². The van der Waals surface area contributed by atoms with Crippen LogP contribution in [0.4, 0.5) is 0 Å². The molecule has 1 aromatic rings. The first-order valence-electron chi connectivity index (χ1n) is 6.90. The number of carboxylic acids is 1. The van der Waals surface area contributed by atoms with E-state index in [1.165, 1.54) is 19.1 Å². The summed E-state index contributed by atoms with van der Waals surface area (Å²) in [5.74, 6) is -0.144. The number of likely N-dealkylation sites (tertiary alicyclic amines) is 1. The maximum Gasteiger partial charge on any atom is 0.372 e. The minimum absolute atomic E-state index is 0.0814. The van der Waals surface area contributed by atoms with Gasteiger partial charge in [0.05, 0.1) is 6.26 Å². The normalized spacial score (nSPS) is 18.7. The van der Waals surface area contributed by atoms with Crippen molar-refractivity contribution in [2.24, 2.45) is 11.3 Å². The van der Waals surface area contributed by atoms with E-state index in [0.717, 1.165) is 24.6 Å². The predicted octanol–water partition coefficient (Wildman–Crippen LogP) is 3.24. The van der Waals surface area contributed by atoms with Gasteiger partial charge in [-0.05, 0) is 43.3 Å². The highest BCUT2D eigenvalue weighted by Crippen LogP contribution is 2.34. The Hall–Kier alpha value is -1.29. The van der Waals surface area contributed by atoms with Crippen LogP contribution in [-0.4, -0.2) is 29.1 Å². The fourth-order valence-electron chi connectivity index (χ4n) is 2.85. The van der Waals surface area contributed by atoms with Gasteiger partial charge in [-0.2, -0.15) is 0 Å². The van der Waals surface area contributed by atoms with E-state index in [1.54, 1.807) is 6.07 Å². The molecule has 0 spiro atoms. The number of furan rings is 1. The average Bonchev–Trinajstić information content (AvgIpc) is 2.77. The van der Waals surface area contributed by atoms with Crippen molar-refractivity contribution in [2.45, 2.75) is 40.2 Å². The highest BCUT2D eigenvalue weighted by molar-refractivity contribution is 5.86. The van der Waals surface area contributed by atoms with Crippen molar-refractivity contribution in [3.63, 3.8) is 0 Å². The number of carboxylic acid groups (broad SMARTS) is 1. The van der Waals surface area contributed by atoms with Crippen LogP contribution in [0.1, 0.15) is 49.7 Å². The van der Waals surface area contributed by atoms with E-state index in [4.69, 9.17) is 9.52 Å². The summed E-state index contributed by atoms with van der Waals surface area (Å²) in [6.07, 6.45) is 3.83. The summed E-state index contributed by atoms with van der Waals surface area (Å²) in [5, 5.41) is 9.02. The smallest absolute Gasteiger partial charge is 0.372 e. The molecule has 1 aliphatic rings. The zero-order chi connectivity index (χ0) is 14.0. The molecular weight excluding hydrogens is 242 g/mol. The highest BCUT2D eigenvalue weighted by atomic mass is 16.4. The summed E-state index contributed by atoms with van der Waals surface area (Å²) in [6, 6.07) is 1.76. The van der Waals surface area contributed by atoms with Crippen molar-refractivity contribution < 1.29 is 14.3 Å². The molecule has 1 aromatic heterocycles. The molecule has 0 radical (unpaired) electrons. The van der Waals surface area contributed by atoms with Crippen LogP contribution in [-0.2, 0) is 6.54 Å².